The van der Waals surface area contributed by atoms with Crippen LogP contribution in [0.1, 0.15) is 55.7 Å². The van der Waals surface area contributed by atoms with Crippen molar-refractivity contribution in [2.24, 2.45) is 5.92 Å². The van der Waals surface area contributed by atoms with Crippen LogP contribution >= 0.6 is 0 Å². The number of benzene rings is 2. The SMILES string of the molecule is CCOC(=O)c1cccc(-n2nnnc2C2(N(C)C(=O)Nc3ccccc3)CCC(C)CC2)c1. The molecule has 3 aromatic rings. The highest BCUT2D eigenvalue weighted by Crippen LogP contribution is 2.43. The van der Waals surface area contributed by atoms with Crippen molar-refractivity contribution < 1.29 is 14.3 Å². The Kier molecular flexibility index (Phi) is 6.90. The van der Waals surface area contributed by atoms with E-state index in [0.717, 1.165) is 31.4 Å². The molecule has 9 nitrogen and oxygen atoms in total. The number of anilines is 1. The van der Waals surface area contributed by atoms with E-state index < -0.39 is 11.5 Å². The number of hydrogen-bond donors (Lipinski definition) is 1. The average molecular weight is 463 g/mol. The van der Waals surface area contributed by atoms with Crippen LogP contribution in [0.25, 0.3) is 5.69 Å². The lowest BCUT2D eigenvalue weighted by molar-refractivity contribution is 0.0526. The number of hydrogen-bond acceptors (Lipinski definition) is 6. The van der Waals surface area contributed by atoms with Crippen molar-refractivity contribution in [2.45, 2.75) is 45.1 Å². The first-order valence-corrected chi connectivity index (χ1v) is 11.6. The van der Waals surface area contributed by atoms with Crippen molar-refractivity contribution in [1.29, 1.82) is 0 Å². The fourth-order valence-electron chi connectivity index (χ4n) is 4.50. The molecule has 2 aromatic carbocycles. The second-order valence-electron chi connectivity index (χ2n) is 8.75. The Morgan fingerprint density at radius 3 is 2.59 bits per heavy atom. The zero-order valence-electron chi connectivity index (χ0n) is 19.8. The van der Waals surface area contributed by atoms with E-state index in [4.69, 9.17) is 4.74 Å². The van der Waals surface area contributed by atoms with Crippen LogP contribution < -0.4 is 5.32 Å². The Labute approximate surface area is 199 Å². The minimum absolute atomic E-state index is 0.226. The predicted octanol–water partition coefficient (Wildman–Crippen LogP) is 4.41. The minimum atomic E-state index is -0.700. The first-order valence-electron chi connectivity index (χ1n) is 11.6. The van der Waals surface area contributed by atoms with Crippen LogP contribution in [-0.2, 0) is 10.3 Å². The van der Waals surface area contributed by atoms with Crippen LogP contribution in [0.2, 0.25) is 0 Å². The average Bonchev–Trinajstić information content (AvgIpc) is 3.36. The number of carbonyl (C=O) groups excluding carboxylic acids is 2. The van der Waals surface area contributed by atoms with Gasteiger partial charge in [0.2, 0.25) is 0 Å². The van der Waals surface area contributed by atoms with Crippen molar-refractivity contribution in [3.63, 3.8) is 0 Å². The largest absolute Gasteiger partial charge is 0.462 e. The summed E-state index contributed by atoms with van der Waals surface area (Å²) in [4.78, 5) is 27.3. The molecule has 178 valence electrons. The van der Waals surface area contributed by atoms with Crippen LogP contribution in [0.5, 0.6) is 0 Å². The molecule has 0 spiro atoms. The van der Waals surface area contributed by atoms with Crippen molar-refractivity contribution in [3.8, 4) is 5.69 Å². The van der Waals surface area contributed by atoms with Crippen molar-refractivity contribution >= 4 is 17.7 Å². The number of amides is 2. The van der Waals surface area contributed by atoms with Crippen molar-refractivity contribution in [2.75, 3.05) is 19.0 Å². The topological polar surface area (TPSA) is 102 Å². The molecule has 0 atom stereocenters. The highest BCUT2D eigenvalue weighted by Gasteiger charge is 2.46. The summed E-state index contributed by atoms with van der Waals surface area (Å²) < 4.78 is 6.77. The number of nitrogens with one attached hydrogen (secondary N) is 1. The van der Waals surface area contributed by atoms with Gasteiger partial charge in [-0.1, -0.05) is 31.2 Å². The lowest BCUT2D eigenvalue weighted by atomic mass is 9.75. The standard InChI is InChI=1S/C25H30N6O3/c1-4-34-22(32)19-9-8-12-21(17-19)31-23(27-28-29-31)25(15-13-18(2)14-16-25)30(3)24(33)26-20-10-6-5-7-11-20/h5-12,17-18H,4,13-16H2,1-3H3,(H,26,33). The fraction of sp³-hybridized carbons (Fsp3) is 0.400. The van der Waals surface area contributed by atoms with E-state index in [9.17, 15) is 9.59 Å². The quantitative estimate of drug-likeness (QED) is 0.545. The van der Waals surface area contributed by atoms with Gasteiger partial charge in [0.25, 0.3) is 0 Å². The number of urea groups is 1. The number of aromatic nitrogens is 4. The fourth-order valence-corrected chi connectivity index (χ4v) is 4.50. The summed E-state index contributed by atoms with van der Waals surface area (Å²) in [6.07, 6.45) is 3.34. The molecular formula is C25H30N6O3. The highest BCUT2D eigenvalue weighted by atomic mass is 16.5. The van der Waals surface area contributed by atoms with E-state index >= 15 is 0 Å². The van der Waals surface area contributed by atoms with E-state index in [-0.39, 0.29) is 6.03 Å². The molecule has 9 heteroatoms. The number of rotatable bonds is 6. The second-order valence-corrected chi connectivity index (χ2v) is 8.75. The van der Waals surface area contributed by atoms with E-state index in [1.807, 2.05) is 36.4 Å². The molecule has 0 aliphatic heterocycles. The molecule has 1 heterocycles. The zero-order valence-corrected chi connectivity index (χ0v) is 19.8. The minimum Gasteiger partial charge on any atom is -0.462 e. The van der Waals surface area contributed by atoms with Gasteiger partial charge in [0.05, 0.1) is 17.9 Å². The molecule has 1 fully saturated rings. The van der Waals surface area contributed by atoms with Gasteiger partial charge in [0, 0.05) is 12.7 Å². The molecule has 1 aliphatic carbocycles. The maximum absolute atomic E-state index is 13.3. The zero-order chi connectivity index (χ0) is 24.1. The van der Waals surface area contributed by atoms with Gasteiger partial charge in [-0.15, -0.1) is 5.10 Å². The Balaban J connectivity index is 1.71. The molecule has 1 saturated carbocycles. The van der Waals surface area contributed by atoms with E-state index in [2.05, 4.69) is 27.8 Å². The van der Waals surface area contributed by atoms with Gasteiger partial charge in [-0.05, 0) is 79.3 Å². The summed E-state index contributed by atoms with van der Waals surface area (Å²) in [5.41, 5.74) is 1.08. The van der Waals surface area contributed by atoms with E-state index in [1.165, 1.54) is 0 Å². The normalized spacial score (nSPS) is 19.9. The van der Waals surface area contributed by atoms with Gasteiger partial charge in [0.15, 0.2) is 5.82 Å². The van der Waals surface area contributed by atoms with Crippen LogP contribution in [0.3, 0.4) is 0 Å². The number of ether oxygens (including phenoxy) is 1. The molecule has 0 saturated heterocycles. The number of nitrogens with zero attached hydrogens (tertiary/aromatic N) is 5. The summed E-state index contributed by atoms with van der Waals surface area (Å²) in [7, 11) is 1.79. The van der Waals surface area contributed by atoms with Gasteiger partial charge in [-0.25, -0.2) is 9.59 Å². The Morgan fingerprint density at radius 2 is 1.88 bits per heavy atom. The molecule has 4 rings (SSSR count). The van der Waals surface area contributed by atoms with Gasteiger partial charge in [0.1, 0.15) is 5.54 Å². The first-order chi connectivity index (χ1) is 16.4. The summed E-state index contributed by atoms with van der Waals surface area (Å²) in [6, 6.07) is 16.2. The molecule has 1 aliphatic rings. The van der Waals surface area contributed by atoms with Crippen molar-refractivity contribution in [3.05, 3.63) is 66.0 Å². The third kappa shape index (κ3) is 4.64. The number of para-hydroxylation sites is 1. The first kappa shape index (κ1) is 23.4. The van der Waals surface area contributed by atoms with Gasteiger partial charge >= 0.3 is 12.0 Å². The Hall–Kier alpha value is -3.75. The summed E-state index contributed by atoms with van der Waals surface area (Å²) in [5, 5.41) is 15.6. The van der Waals surface area contributed by atoms with Crippen LogP contribution in [0.15, 0.2) is 54.6 Å². The molecule has 1 N–H and O–H groups in total. The maximum Gasteiger partial charge on any atom is 0.338 e. The molecule has 0 bridgehead atoms. The molecule has 1 aromatic heterocycles. The number of tetrazole rings is 1. The van der Waals surface area contributed by atoms with Crippen LogP contribution in [0.4, 0.5) is 10.5 Å². The smallest absolute Gasteiger partial charge is 0.338 e. The Bertz CT molecular complexity index is 1140. The third-order valence-corrected chi connectivity index (χ3v) is 6.56. The van der Waals surface area contributed by atoms with E-state index in [0.29, 0.717) is 29.6 Å². The van der Waals surface area contributed by atoms with Gasteiger partial charge in [-0.3, -0.25) is 0 Å². The van der Waals surface area contributed by atoms with Crippen LogP contribution in [-0.4, -0.2) is 50.8 Å². The molecule has 0 unspecified atom stereocenters. The molecule has 34 heavy (non-hydrogen) atoms. The number of carbonyl (C=O) groups is 2. The predicted molar refractivity (Wildman–Crippen MR) is 128 cm³/mol. The molecular weight excluding hydrogens is 432 g/mol. The highest BCUT2D eigenvalue weighted by molar-refractivity contribution is 5.90. The molecule has 2 amide bonds. The molecule has 0 radical (unpaired) electrons. The van der Waals surface area contributed by atoms with E-state index in [1.54, 1.807) is 41.8 Å². The summed E-state index contributed by atoms with van der Waals surface area (Å²) in [6.45, 7) is 4.28. The third-order valence-electron chi connectivity index (χ3n) is 6.56. The van der Waals surface area contributed by atoms with Gasteiger partial charge < -0.3 is 15.0 Å². The summed E-state index contributed by atoms with van der Waals surface area (Å²) in [5.74, 6) is 0.723. The van der Waals surface area contributed by atoms with Crippen molar-refractivity contribution in [1.82, 2.24) is 25.1 Å². The van der Waals surface area contributed by atoms with Crippen LogP contribution in [0, 0.1) is 5.92 Å². The Morgan fingerprint density at radius 1 is 1.15 bits per heavy atom. The monoisotopic (exact) mass is 462 g/mol. The maximum atomic E-state index is 13.3. The number of esters is 1. The summed E-state index contributed by atoms with van der Waals surface area (Å²) >= 11 is 0. The lowest BCUT2D eigenvalue weighted by Crippen LogP contribution is -2.52. The lowest BCUT2D eigenvalue weighted by Gasteiger charge is -2.44. The van der Waals surface area contributed by atoms with Gasteiger partial charge in [-0.2, -0.15) is 4.68 Å². The second kappa shape index (κ2) is 10.0.